The van der Waals surface area contributed by atoms with Gasteiger partial charge in [0.05, 0.1) is 7.11 Å². The molecule has 0 saturated heterocycles. The van der Waals surface area contributed by atoms with E-state index in [9.17, 15) is 0 Å². The number of ether oxygens (including phenoxy) is 1. The summed E-state index contributed by atoms with van der Waals surface area (Å²) >= 11 is 0. The van der Waals surface area contributed by atoms with Gasteiger partial charge in [0.2, 0.25) is 0 Å². The van der Waals surface area contributed by atoms with Gasteiger partial charge in [-0.2, -0.15) is 0 Å². The van der Waals surface area contributed by atoms with Gasteiger partial charge in [-0.3, -0.25) is 0 Å². The van der Waals surface area contributed by atoms with Crippen molar-refractivity contribution in [1.29, 1.82) is 0 Å². The second-order valence-electron chi connectivity index (χ2n) is 5.33. The van der Waals surface area contributed by atoms with Crippen molar-refractivity contribution in [2.45, 2.75) is 44.6 Å². The fraction of sp³-hybridized carbons (Fsp3) is 0.625. The van der Waals surface area contributed by atoms with Gasteiger partial charge in [-0.15, -0.1) is 0 Å². The molecule has 2 heteroatoms. The second-order valence-corrected chi connectivity index (χ2v) is 5.33. The van der Waals surface area contributed by atoms with E-state index in [0.717, 1.165) is 18.1 Å². The number of aryl methyl sites for hydroxylation is 1. The smallest absolute Gasteiger partial charge is 0.118 e. The van der Waals surface area contributed by atoms with E-state index in [1.54, 1.807) is 7.11 Å². The van der Waals surface area contributed by atoms with Crippen LogP contribution in [0.3, 0.4) is 0 Å². The predicted molar refractivity (Wildman–Crippen MR) is 76.1 cm³/mol. The first-order valence-corrected chi connectivity index (χ1v) is 7.13. The number of methoxy groups -OCH3 is 1. The van der Waals surface area contributed by atoms with Crippen LogP contribution in [0.1, 0.15) is 37.7 Å². The molecule has 1 aliphatic carbocycles. The third-order valence-corrected chi connectivity index (χ3v) is 4.24. The topological polar surface area (TPSA) is 21.3 Å². The molecule has 100 valence electrons. The molecular formula is C16H25NO. The maximum Gasteiger partial charge on any atom is 0.118 e. The van der Waals surface area contributed by atoms with Crippen molar-refractivity contribution in [1.82, 2.24) is 5.32 Å². The van der Waals surface area contributed by atoms with Crippen molar-refractivity contribution in [3.63, 3.8) is 0 Å². The Labute approximate surface area is 111 Å². The highest BCUT2D eigenvalue weighted by Gasteiger charge is 2.23. The van der Waals surface area contributed by atoms with Crippen LogP contribution in [0.5, 0.6) is 5.75 Å². The zero-order valence-electron chi connectivity index (χ0n) is 11.6. The highest BCUT2D eigenvalue weighted by molar-refractivity contribution is 5.27. The number of rotatable bonds is 6. The minimum absolute atomic E-state index is 0.689. The van der Waals surface area contributed by atoms with E-state index in [1.165, 1.54) is 37.7 Å². The summed E-state index contributed by atoms with van der Waals surface area (Å²) in [6.45, 7) is 0. The first-order chi connectivity index (χ1) is 8.83. The number of hydrogen-bond acceptors (Lipinski definition) is 2. The number of benzene rings is 1. The standard InChI is InChI=1S/C16H25NO/c1-17-16(14-5-3-4-6-14)12-9-13-7-10-15(18-2)11-8-13/h7-8,10-11,14,16-17H,3-6,9,12H2,1-2H3. The van der Waals surface area contributed by atoms with Crippen LogP contribution in [0.2, 0.25) is 0 Å². The van der Waals surface area contributed by atoms with E-state index in [1.807, 2.05) is 0 Å². The summed E-state index contributed by atoms with van der Waals surface area (Å²) in [5.41, 5.74) is 1.41. The van der Waals surface area contributed by atoms with Crippen LogP contribution >= 0.6 is 0 Å². The summed E-state index contributed by atoms with van der Waals surface area (Å²) in [4.78, 5) is 0. The summed E-state index contributed by atoms with van der Waals surface area (Å²) in [6, 6.07) is 9.16. The fourth-order valence-corrected chi connectivity index (χ4v) is 3.09. The third kappa shape index (κ3) is 3.49. The summed E-state index contributed by atoms with van der Waals surface area (Å²) in [7, 11) is 3.82. The Kier molecular flexibility index (Phi) is 5.06. The predicted octanol–water partition coefficient (Wildman–Crippen LogP) is 3.41. The Balaban J connectivity index is 1.84. The average Bonchev–Trinajstić information content (AvgIpc) is 2.94. The normalized spacial score (nSPS) is 17.9. The van der Waals surface area contributed by atoms with E-state index in [4.69, 9.17) is 4.74 Å². The molecule has 1 saturated carbocycles. The summed E-state index contributed by atoms with van der Waals surface area (Å²) in [5, 5.41) is 3.51. The number of hydrogen-bond donors (Lipinski definition) is 1. The Morgan fingerprint density at radius 1 is 1.22 bits per heavy atom. The maximum absolute atomic E-state index is 5.18. The molecule has 0 heterocycles. The molecule has 0 amide bonds. The molecule has 0 bridgehead atoms. The van der Waals surface area contributed by atoms with E-state index >= 15 is 0 Å². The lowest BCUT2D eigenvalue weighted by Gasteiger charge is -2.22. The zero-order valence-corrected chi connectivity index (χ0v) is 11.6. The zero-order chi connectivity index (χ0) is 12.8. The lowest BCUT2D eigenvalue weighted by Crippen LogP contribution is -2.32. The van der Waals surface area contributed by atoms with Gasteiger partial charge in [0, 0.05) is 6.04 Å². The summed E-state index contributed by atoms with van der Waals surface area (Å²) < 4.78 is 5.18. The van der Waals surface area contributed by atoms with Crippen molar-refractivity contribution < 1.29 is 4.74 Å². The van der Waals surface area contributed by atoms with Crippen LogP contribution in [-0.4, -0.2) is 20.2 Å². The minimum Gasteiger partial charge on any atom is -0.497 e. The Bertz CT molecular complexity index is 341. The van der Waals surface area contributed by atoms with Gasteiger partial charge in [0.1, 0.15) is 5.75 Å². The van der Waals surface area contributed by atoms with Crippen molar-refractivity contribution in [2.75, 3.05) is 14.2 Å². The molecule has 2 nitrogen and oxygen atoms in total. The maximum atomic E-state index is 5.18. The first kappa shape index (κ1) is 13.4. The average molecular weight is 247 g/mol. The molecule has 1 N–H and O–H groups in total. The van der Waals surface area contributed by atoms with Crippen LogP contribution in [0.25, 0.3) is 0 Å². The van der Waals surface area contributed by atoms with Crippen LogP contribution in [0, 0.1) is 5.92 Å². The van der Waals surface area contributed by atoms with Gasteiger partial charge >= 0.3 is 0 Å². The minimum atomic E-state index is 0.689. The largest absolute Gasteiger partial charge is 0.497 e. The van der Waals surface area contributed by atoms with Gasteiger partial charge in [-0.1, -0.05) is 25.0 Å². The Morgan fingerprint density at radius 3 is 2.44 bits per heavy atom. The van der Waals surface area contributed by atoms with Gasteiger partial charge in [-0.25, -0.2) is 0 Å². The first-order valence-electron chi connectivity index (χ1n) is 7.13. The molecule has 1 unspecified atom stereocenters. The van der Waals surface area contributed by atoms with Crippen molar-refractivity contribution in [3.05, 3.63) is 29.8 Å². The van der Waals surface area contributed by atoms with E-state index in [0.29, 0.717) is 6.04 Å². The van der Waals surface area contributed by atoms with Crippen LogP contribution in [0.4, 0.5) is 0 Å². The van der Waals surface area contributed by atoms with Crippen molar-refractivity contribution in [3.8, 4) is 5.75 Å². The molecule has 1 aromatic rings. The Morgan fingerprint density at radius 2 is 1.89 bits per heavy atom. The van der Waals surface area contributed by atoms with E-state index in [2.05, 4.69) is 36.6 Å². The molecule has 18 heavy (non-hydrogen) atoms. The van der Waals surface area contributed by atoms with E-state index < -0.39 is 0 Å². The SMILES string of the molecule is CNC(CCc1ccc(OC)cc1)C1CCCC1. The monoisotopic (exact) mass is 247 g/mol. The molecule has 0 aliphatic heterocycles. The Hall–Kier alpha value is -1.02. The van der Waals surface area contributed by atoms with Crippen molar-refractivity contribution in [2.24, 2.45) is 5.92 Å². The highest BCUT2D eigenvalue weighted by Crippen LogP contribution is 2.29. The quantitative estimate of drug-likeness (QED) is 0.832. The fourth-order valence-electron chi connectivity index (χ4n) is 3.09. The molecule has 2 rings (SSSR count). The van der Waals surface area contributed by atoms with Gasteiger partial charge in [0.25, 0.3) is 0 Å². The molecule has 0 spiro atoms. The van der Waals surface area contributed by atoms with Crippen molar-refractivity contribution >= 4 is 0 Å². The molecule has 0 radical (unpaired) electrons. The van der Waals surface area contributed by atoms with Gasteiger partial charge < -0.3 is 10.1 Å². The molecule has 0 aromatic heterocycles. The van der Waals surface area contributed by atoms with Gasteiger partial charge in [-0.05, 0) is 56.3 Å². The highest BCUT2D eigenvalue weighted by atomic mass is 16.5. The lowest BCUT2D eigenvalue weighted by atomic mass is 9.92. The molecule has 1 aliphatic rings. The second kappa shape index (κ2) is 6.79. The third-order valence-electron chi connectivity index (χ3n) is 4.24. The number of nitrogens with one attached hydrogen (secondary N) is 1. The molecular weight excluding hydrogens is 222 g/mol. The molecule has 1 aromatic carbocycles. The van der Waals surface area contributed by atoms with E-state index in [-0.39, 0.29) is 0 Å². The molecule has 1 fully saturated rings. The summed E-state index contributed by atoms with van der Waals surface area (Å²) in [5.74, 6) is 1.84. The van der Waals surface area contributed by atoms with Gasteiger partial charge in [0.15, 0.2) is 0 Å². The van der Waals surface area contributed by atoms with Crippen LogP contribution in [0.15, 0.2) is 24.3 Å². The molecule has 1 atom stereocenters. The van der Waals surface area contributed by atoms with Crippen LogP contribution in [-0.2, 0) is 6.42 Å². The van der Waals surface area contributed by atoms with Crippen LogP contribution < -0.4 is 10.1 Å². The summed E-state index contributed by atoms with van der Waals surface area (Å²) in [6.07, 6.45) is 8.07. The lowest BCUT2D eigenvalue weighted by molar-refractivity contribution is 0.360.